The van der Waals surface area contributed by atoms with E-state index in [1.165, 1.54) is 0 Å². The predicted molar refractivity (Wildman–Crippen MR) is 77.2 cm³/mol. The average molecular weight is 272 g/mol. The van der Waals surface area contributed by atoms with Gasteiger partial charge in [-0.05, 0) is 24.1 Å². The lowest BCUT2D eigenvalue weighted by molar-refractivity contribution is 0.415. The number of benzene rings is 1. The van der Waals surface area contributed by atoms with E-state index in [0.29, 0.717) is 17.0 Å². The molecule has 0 unspecified atom stereocenters. The number of aromatic nitrogens is 2. The zero-order chi connectivity index (χ0) is 14.3. The lowest BCUT2D eigenvalue weighted by Gasteiger charge is -2.09. The van der Waals surface area contributed by atoms with Crippen LogP contribution >= 0.6 is 0 Å². The highest BCUT2D eigenvalue weighted by molar-refractivity contribution is 6.01. The molecule has 3 aromatic rings. The van der Waals surface area contributed by atoms with E-state index < -0.39 is 5.63 Å². The fraction of sp³-hybridized carbons (Fsp3) is 0.333. The minimum absolute atomic E-state index is 0.367. The number of hydrogen-bond acceptors (Lipinski definition) is 4. The van der Waals surface area contributed by atoms with Crippen LogP contribution in [0.5, 0.6) is 5.75 Å². The smallest absolute Gasteiger partial charge is 0.364 e. The largest absolute Gasteiger partial charge is 0.497 e. The SMILES string of the molecule is COc1ccc2oc(=O)c3ncn(CC(C)C)c3c2c1. The predicted octanol–water partition coefficient (Wildman–Crippen LogP) is 2.81. The molecule has 0 aliphatic rings. The Kier molecular flexibility index (Phi) is 2.97. The standard InChI is InChI=1S/C15H16N2O3/c1-9(2)7-17-8-16-13-14(17)11-6-10(19-3)4-5-12(11)20-15(13)18/h4-6,8-9H,7H2,1-3H3. The van der Waals surface area contributed by atoms with Crippen LogP contribution in [0.15, 0.2) is 33.7 Å². The van der Waals surface area contributed by atoms with Crippen LogP contribution in [0.3, 0.4) is 0 Å². The summed E-state index contributed by atoms with van der Waals surface area (Å²) in [4.78, 5) is 16.2. The zero-order valence-corrected chi connectivity index (χ0v) is 11.7. The van der Waals surface area contributed by atoms with Gasteiger partial charge < -0.3 is 13.7 Å². The molecule has 0 saturated heterocycles. The first-order valence-electron chi connectivity index (χ1n) is 6.56. The van der Waals surface area contributed by atoms with E-state index >= 15 is 0 Å². The summed E-state index contributed by atoms with van der Waals surface area (Å²) >= 11 is 0. The molecule has 0 spiro atoms. The number of ether oxygens (including phenoxy) is 1. The fourth-order valence-electron chi connectivity index (χ4n) is 2.40. The first-order valence-corrected chi connectivity index (χ1v) is 6.56. The highest BCUT2D eigenvalue weighted by Crippen LogP contribution is 2.26. The number of methoxy groups -OCH3 is 1. The van der Waals surface area contributed by atoms with E-state index in [2.05, 4.69) is 18.8 Å². The minimum Gasteiger partial charge on any atom is -0.497 e. The summed E-state index contributed by atoms with van der Waals surface area (Å²) in [6.07, 6.45) is 1.69. The molecule has 0 bridgehead atoms. The molecular formula is C15H16N2O3. The van der Waals surface area contributed by atoms with Crippen molar-refractivity contribution in [2.45, 2.75) is 20.4 Å². The van der Waals surface area contributed by atoms with E-state index in [4.69, 9.17) is 9.15 Å². The third-order valence-electron chi connectivity index (χ3n) is 3.24. The maximum atomic E-state index is 12.0. The summed E-state index contributed by atoms with van der Waals surface area (Å²) in [5.74, 6) is 1.19. The lowest BCUT2D eigenvalue weighted by Crippen LogP contribution is -2.05. The van der Waals surface area contributed by atoms with Gasteiger partial charge in [-0.2, -0.15) is 0 Å². The molecule has 0 radical (unpaired) electrons. The van der Waals surface area contributed by atoms with Crippen LogP contribution in [-0.2, 0) is 6.54 Å². The molecular weight excluding hydrogens is 256 g/mol. The Labute approximate surface area is 115 Å². The Balaban J connectivity index is 2.41. The summed E-state index contributed by atoms with van der Waals surface area (Å²) in [6.45, 7) is 5.05. The number of fused-ring (bicyclic) bond motifs is 3. The van der Waals surface area contributed by atoms with Crippen molar-refractivity contribution in [2.75, 3.05) is 7.11 Å². The highest BCUT2D eigenvalue weighted by Gasteiger charge is 2.14. The zero-order valence-electron chi connectivity index (χ0n) is 11.7. The van der Waals surface area contributed by atoms with Crippen LogP contribution in [0.2, 0.25) is 0 Å². The Morgan fingerprint density at radius 1 is 1.40 bits per heavy atom. The molecule has 2 heterocycles. The monoisotopic (exact) mass is 272 g/mol. The average Bonchev–Trinajstić information content (AvgIpc) is 2.82. The van der Waals surface area contributed by atoms with Crippen molar-refractivity contribution in [1.29, 1.82) is 0 Å². The number of imidazole rings is 1. The second-order valence-corrected chi connectivity index (χ2v) is 5.24. The normalized spacial score (nSPS) is 11.6. The molecule has 0 aliphatic carbocycles. The molecule has 0 fully saturated rings. The van der Waals surface area contributed by atoms with Crippen molar-refractivity contribution in [1.82, 2.24) is 9.55 Å². The van der Waals surface area contributed by atoms with E-state index in [1.54, 1.807) is 25.6 Å². The maximum absolute atomic E-state index is 12.0. The molecule has 0 amide bonds. The molecule has 2 aromatic heterocycles. The van der Waals surface area contributed by atoms with E-state index in [-0.39, 0.29) is 0 Å². The highest BCUT2D eigenvalue weighted by atomic mass is 16.5. The number of hydrogen-bond donors (Lipinski definition) is 0. The van der Waals surface area contributed by atoms with Gasteiger partial charge in [0.1, 0.15) is 11.3 Å². The number of rotatable bonds is 3. The molecule has 20 heavy (non-hydrogen) atoms. The molecule has 104 valence electrons. The van der Waals surface area contributed by atoms with Gasteiger partial charge in [0.15, 0.2) is 5.52 Å². The second-order valence-electron chi connectivity index (χ2n) is 5.24. The van der Waals surface area contributed by atoms with E-state index in [1.807, 2.05) is 10.6 Å². The van der Waals surface area contributed by atoms with Crippen LogP contribution in [-0.4, -0.2) is 16.7 Å². The molecule has 3 rings (SSSR count). The Bertz CT molecular complexity index is 830. The molecule has 0 saturated carbocycles. The molecule has 0 N–H and O–H groups in total. The summed E-state index contributed by atoms with van der Waals surface area (Å²) in [5, 5.41) is 0.845. The molecule has 0 atom stereocenters. The van der Waals surface area contributed by atoms with Crippen molar-refractivity contribution in [3.8, 4) is 5.75 Å². The van der Waals surface area contributed by atoms with Crippen molar-refractivity contribution in [3.63, 3.8) is 0 Å². The van der Waals surface area contributed by atoms with E-state index in [0.717, 1.165) is 23.2 Å². The first kappa shape index (κ1) is 12.7. The van der Waals surface area contributed by atoms with Gasteiger partial charge in [0, 0.05) is 11.9 Å². The summed E-state index contributed by atoms with van der Waals surface area (Å²) < 4.78 is 12.6. The van der Waals surface area contributed by atoms with Crippen molar-refractivity contribution in [2.24, 2.45) is 5.92 Å². The third kappa shape index (κ3) is 1.95. The van der Waals surface area contributed by atoms with Gasteiger partial charge in [0.05, 0.1) is 19.0 Å². The lowest BCUT2D eigenvalue weighted by atomic mass is 10.2. The van der Waals surface area contributed by atoms with Gasteiger partial charge in [-0.3, -0.25) is 0 Å². The van der Waals surface area contributed by atoms with Crippen LogP contribution in [0.25, 0.3) is 22.0 Å². The fourth-order valence-corrected chi connectivity index (χ4v) is 2.40. The molecule has 0 aliphatic heterocycles. The minimum atomic E-state index is -0.403. The van der Waals surface area contributed by atoms with E-state index in [9.17, 15) is 4.79 Å². The van der Waals surface area contributed by atoms with Gasteiger partial charge in [-0.1, -0.05) is 13.8 Å². The molecule has 5 nitrogen and oxygen atoms in total. The Morgan fingerprint density at radius 3 is 2.90 bits per heavy atom. The Morgan fingerprint density at radius 2 is 2.20 bits per heavy atom. The molecule has 1 aromatic carbocycles. The van der Waals surface area contributed by atoms with Gasteiger partial charge in [-0.25, -0.2) is 9.78 Å². The van der Waals surface area contributed by atoms with Crippen LogP contribution < -0.4 is 10.4 Å². The van der Waals surface area contributed by atoms with Crippen molar-refractivity contribution < 1.29 is 9.15 Å². The third-order valence-corrected chi connectivity index (χ3v) is 3.24. The topological polar surface area (TPSA) is 57.3 Å². The summed E-state index contributed by atoms with van der Waals surface area (Å²) in [5.41, 5.74) is 1.32. The van der Waals surface area contributed by atoms with Crippen LogP contribution in [0, 0.1) is 5.92 Å². The quantitative estimate of drug-likeness (QED) is 0.688. The summed E-state index contributed by atoms with van der Waals surface area (Å²) in [6, 6.07) is 5.40. The van der Waals surface area contributed by atoms with Gasteiger partial charge in [-0.15, -0.1) is 0 Å². The summed E-state index contributed by atoms with van der Waals surface area (Å²) in [7, 11) is 1.61. The van der Waals surface area contributed by atoms with Gasteiger partial charge >= 0.3 is 5.63 Å². The number of nitrogens with zero attached hydrogens (tertiary/aromatic N) is 2. The van der Waals surface area contributed by atoms with Gasteiger partial charge in [0.25, 0.3) is 0 Å². The second kappa shape index (κ2) is 4.67. The Hall–Kier alpha value is -2.30. The van der Waals surface area contributed by atoms with Crippen molar-refractivity contribution in [3.05, 3.63) is 34.9 Å². The first-order chi connectivity index (χ1) is 9.60. The van der Waals surface area contributed by atoms with Crippen LogP contribution in [0.1, 0.15) is 13.8 Å². The van der Waals surface area contributed by atoms with Crippen molar-refractivity contribution >= 4 is 22.0 Å². The maximum Gasteiger partial charge on any atom is 0.364 e. The van der Waals surface area contributed by atoms with Crippen LogP contribution in [0.4, 0.5) is 0 Å². The molecule has 5 heteroatoms. The van der Waals surface area contributed by atoms with Gasteiger partial charge in [0.2, 0.25) is 0 Å².